The van der Waals surface area contributed by atoms with Crippen LogP contribution in [0.15, 0.2) is 24.3 Å². The molecule has 0 aliphatic heterocycles. The zero-order valence-corrected chi connectivity index (χ0v) is 12.7. The summed E-state index contributed by atoms with van der Waals surface area (Å²) in [5.41, 5.74) is 1.65. The fourth-order valence-corrected chi connectivity index (χ4v) is 2.00. The lowest BCUT2D eigenvalue weighted by Gasteiger charge is -2.18. The monoisotopic (exact) mass is 293 g/mol. The van der Waals surface area contributed by atoms with Crippen molar-refractivity contribution in [3.63, 3.8) is 0 Å². The second-order valence-electron chi connectivity index (χ2n) is 5.13. The van der Waals surface area contributed by atoms with Crippen molar-refractivity contribution in [1.82, 2.24) is 5.32 Å². The summed E-state index contributed by atoms with van der Waals surface area (Å²) in [6.45, 7) is 1.95. The van der Waals surface area contributed by atoms with E-state index in [1.807, 2.05) is 44.1 Å². The van der Waals surface area contributed by atoms with E-state index in [2.05, 4.69) is 10.6 Å². The average Bonchev–Trinajstić information content (AvgIpc) is 2.38. The Hall–Kier alpha value is -2.24. The van der Waals surface area contributed by atoms with E-state index in [-0.39, 0.29) is 18.5 Å². The van der Waals surface area contributed by atoms with Gasteiger partial charge >= 0.3 is 12.0 Å². The predicted octanol–water partition coefficient (Wildman–Crippen LogP) is 2.52. The van der Waals surface area contributed by atoms with Gasteiger partial charge in [-0.15, -0.1) is 0 Å². The summed E-state index contributed by atoms with van der Waals surface area (Å²) in [5.74, 6) is -0.914. The van der Waals surface area contributed by atoms with Crippen molar-refractivity contribution in [2.24, 2.45) is 0 Å². The van der Waals surface area contributed by atoms with E-state index in [1.54, 1.807) is 6.07 Å². The third-order valence-corrected chi connectivity index (χ3v) is 3.01. The highest BCUT2D eigenvalue weighted by molar-refractivity contribution is 5.90. The van der Waals surface area contributed by atoms with Gasteiger partial charge in [0.2, 0.25) is 0 Å². The second kappa shape index (κ2) is 8.14. The van der Waals surface area contributed by atoms with Crippen molar-refractivity contribution < 1.29 is 14.7 Å². The Morgan fingerprint density at radius 3 is 2.62 bits per heavy atom. The molecule has 21 heavy (non-hydrogen) atoms. The Balaban J connectivity index is 2.63. The van der Waals surface area contributed by atoms with Crippen molar-refractivity contribution >= 4 is 23.4 Å². The van der Waals surface area contributed by atoms with Gasteiger partial charge < -0.3 is 20.6 Å². The molecule has 1 aromatic carbocycles. The zero-order valence-electron chi connectivity index (χ0n) is 12.7. The number of carbonyl (C=O) groups is 2. The number of carboxylic acid groups (broad SMARTS) is 1. The molecular weight excluding hydrogens is 270 g/mol. The highest BCUT2D eigenvalue weighted by atomic mass is 16.4. The molecule has 1 atom stereocenters. The summed E-state index contributed by atoms with van der Waals surface area (Å²) in [5, 5.41) is 14.3. The van der Waals surface area contributed by atoms with Crippen molar-refractivity contribution in [2.45, 2.75) is 32.2 Å². The summed E-state index contributed by atoms with van der Waals surface area (Å²) in [7, 11) is 3.84. The molecule has 0 saturated carbocycles. The van der Waals surface area contributed by atoms with E-state index in [0.717, 1.165) is 12.1 Å². The molecule has 2 amide bonds. The molecule has 0 aliphatic carbocycles. The summed E-state index contributed by atoms with van der Waals surface area (Å²) in [6, 6.07) is 6.69. The van der Waals surface area contributed by atoms with Crippen molar-refractivity contribution in [3.8, 4) is 0 Å². The normalized spacial score (nSPS) is 11.6. The van der Waals surface area contributed by atoms with Gasteiger partial charge in [-0.1, -0.05) is 19.4 Å². The van der Waals surface area contributed by atoms with Gasteiger partial charge in [-0.25, -0.2) is 4.79 Å². The molecule has 1 rings (SSSR count). The van der Waals surface area contributed by atoms with E-state index in [0.29, 0.717) is 12.1 Å². The lowest BCUT2D eigenvalue weighted by atomic mass is 10.1. The Kier molecular flexibility index (Phi) is 6.52. The van der Waals surface area contributed by atoms with Gasteiger partial charge in [0.05, 0.1) is 6.42 Å². The number of hydrogen-bond acceptors (Lipinski definition) is 3. The van der Waals surface area contributed by atoms with E-state index >= 15 is 0 Å². The van der Waals surface area contributed by atoms with E-state index < -0.39 is 5.97 Å². The molecule has 6 nitrogen and oxygen atoms in total. The maximum atomic E-state index is 11.9. The number of anilines is 2. The number of aliphatic carboxylic acids is 1. The minimum Gasteiger partial charge on any atom is -0.481 e. The number of carboxylic acids is 1. The van der Waals surface area contributed by atoms with E-state index in [9.17, 15) is 9.59 Å². The van der Waals surface area contributed by atoms with Gasteiger partial charge in [-0.3, -0.25) is 4.79 Å². The van der Waals surface area contributed by atoms with Crippen LogP contribution in [-0.2, 0) is 4.79 Å². The number of amides is 2. The Morgan fingerprint density at radius 2 is 2.05 bits per heavy atom. The molecule has 6 heteroatoms. The SMILES string of the molecule is CCCC(CC(=O)O)NC(=O)Nc1cccc(N(C)C)c1. The third-order valence-electron chi connectivity index (χ3n) is 3.01. The summed E-state index contributed by atoms with van der Waals surface area (Å²) in [4.78, 5) is 24.6. The largest absolute Gasteiger partial charge is 0.481 e. The Morgan fingerprint density at radius 1 is 1.33 bits per heavy atom. The van der Waals surface area contributed by atoms with Crippen LogP contribution in [0.4, 0.5) is 16.2 Å². The maximum absolute atomic E-state index is 11.9. The van der Waals surface area contributed by atoms with Gasteiger partial charge in [0.1, 0.15) is 0 Å². The van der Waals surface area contributed by atoms with Crippen LogP contribution in [0.3, 0.4) is 0 Å². The topological polar surface area (TPSA) is 81.7 Å². The number of nitrogens with zero attached hydrogens (tertiary/aromatic N) is 1. The molecule has 0 aliphatic rings. The minimum atomic E-state index is -0.914. The summed E-state index contributed by atoms with van der Waals surface area (Å²) < 4.78 is 0. The van der Waals surface area contributed by atoms with Gasteiger partial charge in [0.25, 0.3) is 0 Å². The molecule has 116 valence electrons. The summed E-state index contributed by atoms with van der Waals surface area (Å²) in [6.07, 6.45) is 1.38. The summed E-state index contributed by atoms with van der Waals surface area (Å²) >= 11 is 0. The van der Waals surface area contributed by atoms with Crippen LogP contribution in [0.5, 0.6) is 0 Å². The number of urea groups is 1. The maximum Gasteiger partial charge on any atom is 0.319 e. The number of benzene rings is 1. The molecule has 1 unspecified atom stereocenters. The first kappa shape index (κ1) is 16.8. The molecule has 0 saturated heterocycles. The standard InChI is InChI=1S/C15H23N3O3/c1-4-6-11(10-14(19)20)16-15(21)17-12-7-5-8-13(9-12)18(2)3/h5,7-9,11H,4,6,10H2,1-3H3,(H,19,20)(H2,16,17,21). The highest BCUT2D eigenvalue weighted by Gasteiger charge is 2.15. The van der Waals surface area contributed by atoms with Crippen molar-refractivity contribution in [1.29, 1.82) is 0 Å². The molecule has 3 N–H and O–H groups in total. The predicted molar refractivity (Wildman–Crippen MR) is 83.9 cm³/mol. The molecule has 0 fully saturated rings. The van der Waals surface area contributed by atoms with Crippen LogP contribution in [-0.4, -0.2) is 37.2 Å². The van der Waals surface area contributed by atoms with Gasteiger partial charge in [0, 0.05) is 31.5 Å². The minimum absolute atomic E-state index is 0.0704. The number of hydrogen-bond donors (Lipinski definition) is 3. The first-order chi connectivity index (χ1) is 9.92. The molecule has 0 bridgehead atoms. The van der Waals surface area contributed by atoms with Crippen molar-refractivity contribution in [2.75, 3.05) is 24.3 Å². The number of carbonyl (C=O) groups excluding carboxylic acids is 1. The lowest BCUT2D eigenvalue weighted by Crippen LogP contribution is -2.39. The Labute approximate surface area is 125 Å². The fourth-order valence-electron chi connectivity index (χ4n) is 2.00. The smallest absolute Gasteiger partial charge is 0.319 e. The van der Waals surface area contributed by atoms with Crippen LogP contribution in [0.25, 0.3) is 0 Å². The first-order valence-electron chi connectivity index (χ1n) is 6.99. The molecule has 0 spiro atoms. The van der Waals surface area contributed by atoms with Crippen LogP contribution in [0.2, 0.25) is 0 Å². The number of nitrogens with one attached hydrogen (secondary N) is 2. The fraction of sp³-hybridized carbons (Fsp3) is 0.467. The first-order valence-corrected chi connectivity index (χ1v) is 6.99. The molecule has 0 aromatic heterocycles. The lowest BCUT2D eigenvalue weighted by molar-refractivity contribution is -0.137. The average molecular weight is 293 g/mol. The third kappa shape index (κ3) is 6.16. The van der Waals surface area contributed by atoms with E-state index in [4.69, 9.17) is 5.11 Å². The van der Waals surface area contributed by atoms with Crippen LogP contribution >= 0.6 is 0 Å². The van der Waals surface area contributed by atoms with E-state index in [1.165, 1.54) is 0 Å². The number of rotatable bonds is 7. The molecule has 1 aromatic rings. The van der Waals surface area contributed by atoms with Crippen LogP contribution in [0, 0.1) is 0 Å². The molecule has 0 radical (unpaired) electrons. The van der Waals surface area contributed by atoms with Gasteiger partial charge in [-0.05, 0) is 24.6 Å². The van der Waals surface area contributed by atoms with Crippen LogP contribution in [0.1, 0.15) is 26.2 Å². The Bertz CT molecular complexity index is 489. The quantitative estimate of drug-likeness (QED) is 0.721. The van der Waals surface area contributed by atoms with Crippen molar-refractivity contribution in [3.05, 3.63) is 24.3 Å². The molecular formula is C15H23N3O3. The second-order valence-corrected chi connectivity index (χ2v) is 5.13. The van der Waals surface area contributed by atoms with Gasteiger partial charge in [0.15, 0.2) is 0 Å². The van der Waals surface area contributed by atoms with Crippen LogP contribution < -0.4 is 15.5 Å². The molecule has 0 heterocycles. The zero-order chi connectivity index (χ0) is 15.8. The van der Waals surface area contributed by atoms with Gasteiger partial charge in [-0.2, -0.15) is 0 Å². The highest BCUT2D eigenvalue weighted by Crippen LogP contribution is 2.17.